The Bertz CT molecular complexity index is 461. The zero-order chi connectivity index (χ0) is 15.5. The van der Waals surface area contributed by atoms with Crippen molar-refractivity contribution >= 4 is 17.3 Å². The van der Waals surface area contributed by atoms with Gasteiger partial charge in [-0.1, -0.05) is 6.92 Å². The molecule has 1 aliphatic rings. The van der Waals surface area contributed by atoms with Crippen molar-refractivity contribution in [2.24, 2.45) is 0 Å². The summed E-state index contributed by atoms with van der Waals surface area (Å²) in [5.74, 6) is 1.45. The molecule has 2 rings (SSSR count). The van der Waals surface area contributed by atoms with Crippen molar-refractivity contribution in [1.82, 2.24) is 20.3 Å². The average molecular weight is 293 g/mol. The van der Waals surface area contributed by atoms with E-state index < -0.39 is 0 Å². The maximum atomic E-state index is 6.23. The van der Waals surface area contributed by atoms with Crippen LogP contribution in [0.1, 0.15) is 27.7 Å². The van der Waals surface area contributed by atoms with Gasteiger partial charge in [-0.25, -0.2) is 15.4 Å². The zero-order valence-electron chi connectivity index (χ0n) is 13.5. The molecule has 0 aliphatic carbocycles. The number of nitrogens with one attached hydrogen (secondary N) is 2. The molecule has 0 amide bonds. The van der Waals surface area contributed by atoms with Crippen molar-refractivity contribution in [3.63, 3.8) is 0 Å². The van der Waals surface area contributed by atoms with E-state index in [1.54, 1.807) is 6.33 Å². The number of anilines is 3. The quantitative estimate of drug-likeness (QED) is 0.712. The van der Waals surface area contributed by atoms with Crippen LogP contribution >= 0.6 is 0 Å². The van der Waals surface area contributed by atoms with Crippen molar-refractivity contribution in [3.8, 4) is 0 Å². The molecule has 2 heterocycles. The summed E-state index contributed by atoms with van der Waals surface area (Å²) in [6.07, 6.45) is 1.56. The lowest BCUT2D eigenvalue weighted by molar-refractivity contribution is 0.270. The fourth-order valence-corrected chi connectivity index (χ4v) is 2.26. The predicted molar refractivity (Wildman–Crippen MR) is 87.3 cm³/mol. The number of aromatic nitrogens is 2. The number of nitrogens with zero attached hydrogens (tertiary/aromatic N) is 4. The third-order valence-electron chi connectivity index (χ3n) is 3.54. The smallest absolute Gasteiger partial charge is 0.169 e. The Labute approximate surface area is 126 Å². The van der Waals surface area contributed by atoms with Gasteiger partial charge in [-0.05, 0) is 27.3 Å². The van der Waals surface area contributed by atoms with Crippen molar-refractivity contribution in [2.75, 3.05) is 48.8 Å². The van der Waals surface area contributed by atoms with E-state index in [1.807, 2.05) is 0 Å². The van der Waals surface area contributed by atoms with Crippen LogP contribution in [0.5, 0.6) is 0 Å². The van der Waals surface area contributed by atoms with E-state index in [4.69, 9.17) is 5.73 Å². The Kier molecular flexibility index (Phi) is 4.84. The SMILES string of the molecule is CCN1CCN(c2ncnc(NNC(C)(C)C)c2N)CC1. The Morgan fingerprint density at radius 1 is 1.19 bits per heavy atom. The van der Waals surface area contributed by atoms with E-state index in [9.17, 15) is 0 Å². The van der Waals surface area contributed by atoms with Crippen LogP contribution in [0.2, 0.25) is 0 Å². The van der Waals surface area contributed by atoms with Crippen molar-refractivity contribution in [2.45, 2.75) is 33.2 Å². The second-order valence-corrected chi connectivity index (χ2v) is 6.38. The van der Waals surface area contributed by atoms with Crippen LogP contribution in [0.3, 0.4) is 0 Å². The molecule has 1 saturated heterocycles. The molecular formula is C14H27N7. The zero-order valence-corrected chi connectivity index (χ0v) is 13.5. The molecule has 0 unspecified atom stereocenters. The molecule has 1 aromatic heterocycles. The van der Waals surface area contributed by atoms with E-state index in [0.29, 0.717) is 11.5 Å². The molecule has 118 valence electrons. The maximum absolute atomic E-state index is 6.23. The molecule has 7 nitrogen and oxygen atoms in total. The first-order valence-electron chi connectivity index (χ1n) is 7.51. The first-order chi connectivity index (χ1) is 9.90. The summed E-state index contributed by atoms with van der Waals surface area (Å²) in [6.45, 7) is 13.5. The highest BCUT2D eigenvalue weighted by atomic mass is 15.4. The molecule has 1 aromatic rings. The average Bonchev–Trinajstić information content (AvgIpc) is 2.45. The molecule has 0 aromatic carbocycles. The van der Waals surface area contributed by atoms with E-state index in [-0.39, 0.29) is 5.54 Å². The lowest BCUT2D eigenvalue weighted by Gasteiger charge is -2.35. The lowest BCUT2D eigenvalue weighted by Crippen LogP contribution is -2.46. The van der Waals surface area contributed by atoms with Crippen LogP contribution in [0, 0.1) is 0 Å². The summed E-state index contributed by atoms with van der Waals surface area (Å²) in [4.78, 5) is 13.2. The number of hydrogen-bond donors (Lipinski definition) is 3. The van der Waals surface area contributed by atoms with Crippen LogP contribution in [0.15, 0.2) is 6.33 Å². The number of nitrogen functional groups attached to an aromatic ring is 1. The van der Waals surface area contributed by atoms with Crippen molar-refractivity contribution in [1.29, 1.82) is 0 Å². The summed E-state index contributed by atoms with van der Waals surface area (Å²) >= 11 is 0. The highest BCUT2D eigenvalue weighted by Crippen LogP contribution is 2.26. The Hall–Kier alpha value is -1.60. The largest absolute Gasteiger partial charge is 0.393 e. The van der Waals surface area contributed by atoms with Gasteiger partial charge in [-0.3, -0.25) is 0 Å². The fraction of sp³-hybridized carbons (Fsp3) is 0.714. The second-order valence-electron chi connectivity index (χ2n) is 6.38. The highest BCUT2D eigenvalue weighted by Gasteiger charge is 2.20. The highest BCUT2D eigenvalue weighted by molar-refractivity contribution is 5.74. The molecule has 21 heavy (non-hydrogen) atoms. The van der Waals surface area contributed by atoms with E-state index in [1.165, 1.54) is 0 Å². The molecule has 0 atom stereocenters. The Morgan fingerprint density at radius 3 is 2.43 bits per heavy atom. The van der Waals surface area contributed by atoms with Crippen molar-refractivity contribution < 1.29 is 0 Å². The fourth-order valence-electron chi connectivity index (χ4n) is 2.26. The number of likely N-dealkylation sites (N-methyl/N-ethyl adjacent to an activating group) is 1. The van der Waals surface area contributed by atoms with Gasteiger partial charge in [0.05, 0.1) is 0 Å². The molecule has 1 fully saturated rings. The number of hydrazine groups is 1. The van der Waals surface area contributed by atoms with Gasteiger partial charge >= 0.3 is 0 Å². The minimum absolute atomic E-state index is 0.0652. The van der Waals surface area contributed by atoms with Crippen LogP contribution < -0.4 is 21.5 Å². The summed E-state index contributed by atoms with van der Waals surface area (Å²) in [5, 5.41) is 0. The van der Waals surface area contributed by atoms with Gasteiger partial charge in [0.1, 0.15) is 12.0 Å². The molecule has 0 radical (unpaired) electrons. The van der Waals surface area contributed by atoms with Gasteiger partial charge in [0, 0.05) is 31.7 Å². The number of rotatable bonds is 4. The van der Waals surface area contributed by atoms with Gasteiger partial charge < -0.3 is 21.0 Å². The number of nitrogens with two attached hydrogens (primary N) is 1. The molecular weight excluding hydrogens is 266 g/mol. The van der Waals surface area contributed by atoms with Gasteiger partial charge in [0.15, 0.2) is 11.6 Å². The van der Waals surface area contributed by atoms with Gasteiger partial charge in [-0.2, -0.15) is 0 Å². The minimum Gasteiger partial charge on any atom is -0.393 e. The maximum Gasteiger partial charge on any atom is 0.169 e. The van der Waals surface area contributed by atoms with Crippen LogP contribution in [0.25, 0.3) is 0 Å². The molecule has 1 aliphatic heterocycles. The van der Waals surface area contributed by atoms with E-state index in [0.717, 1.165) is 38.5 Å². The molecule has 4 N–H and O–H groups in total. The molecule has 0 bridgehead atoms. The summed E-state index contributed by atoms with van der Waals surface area (Å²) in [7, 11) is 0. The van der Waals surface area contributed by atoms with Crippen LogP contribution in [0.4, 0.5) is 17.3 Å². The first-order valence-corrected chi connectivity index (χ1v) is 7.51. The summed E-state index contributed by atoms with van der Waals surface area (Å²) < 4.78 is 0. The third kappa shape index (κ3) is 4.18. The van der Waals surface area contributed by atoms with E-state index in [2.05, 4.69) is 58.3 Å². The monoisotopic (exact) mass is 293 g/mol. The van der Waals surface area contributed by atoms with Crippen LogP contribution in [-0.4, -0.2) is 53.1 Å². The third-order valence-corrected chi connectivity index (χ3v) is 3.54. The number of hydrogen-bond acceptors (Lipinski definition) is 7. The molecule has 0 spiro atoms. The topological polar surface area (TPSA) is 82.3 Å². The standard InChI is InChI=1S/C14H27N7/c1-5-20-6-8-21(9-7-20)13-11(15)12(16-10-17-13)18-19-14(2,3)4/h10,19H,5-9,15H2,1-4H3,(H,16,17,18). The molecule has 7 heteroatoms. The summed E-state index contributed by atoms with van der Waals surface area (Å²) in [5.41, 5.74) is 13.0. The first kappa shape index (κ1) is 15.8. The Balaban J connectivity index is 2.07. The Morgan fingerprint density at radius 2 is 1.86 bits per heavy atom. The van der Waals surface area contributed by atoms with Gasteiger partial charge in [0.2, 0.25) is 0 Å². The minimum atomic E-state index is -0.0652. The van der Waals surface area contributed by atoms with Crippen LogP contribution in [-0.2, 0) is 0 Å². The summed E-state index contributed by atoms with van der Waals surface area (Å²) in [6, 6.07) is 0. The lowest BCUT2D eigenvalue weighted by atomic mass is 10.1. The van der Waals surface area contributed by atoms with Crippen molar-refractivity contribution in [3.05, 3.63) is 6.33 Å². The van der Waals surface area contributed by atoms with Gasteiger partial charge in [0.25, 0.3) is 0 Å². The normalized spacial score (nSPS) is 17.0. The number of piperazine rings is 1. The predicted octanol–water partition coefficient (Wildman–Crippen LogP) is 0.916. The van der Waals surface area contributed by atoms with Gasteiger partial charge in [-0.15, -0.1) is 0 Å². The van der Waals surface area contributed by atoms with E-state index >= 15 is 0 Å². The second kappa shape index (κ2) is 6.44. The molecule has 0 saturated carbocycles.